The van der Waals surface area contributed by atoms with Crippen LogP contribution in [0.3, 0.4) is 0 Å². The normalized spacial score (nSPS) is 15.2. The third-order valence-electron chi connectivity index (χ3n) is 5.73. The predicted molar refractivity (Wildman–Crippen MR) is 117 cm³/mol. The van der Waals surface area contributed by atoms with Crippen molar-refractivity contribution in [3.63, 3.8) is 0 Å². The average molecular weight is 482 g/mol. The van der Waals surface area contributed by atoms with E-state index in [1.807, 2.05) is 4.57 Å². The summed E-state index contributed by atoms with van der Waals surface area (Å²) in [6, 6.07) is 10.5. The first-order chi connectivity index (χ1) is 15.8. The summed E-state index contributed by atoms with van der Waals surface area (Å²) in [6.45, 7) is 1.07. The number of imidazole rings is 1. The summed E-state index contributed by atoms with van der Waals surface area (Å²) in [4.78, 5) is 18.7. The van der Waals surface area contributed by atoms with Gasteiger partial charge >= 0.3 is 6.18 Å². The molecule has 2 aromatic carbocycles. The van der Waals surface area contributed by atoms with Crippen LogP contribution in [0.15, 0.2) is 42.5 Å². The van der Waals surface area contributed by atoms with Gasteiger partial charge in [0, 0.05) is 26.2 Å². The highest BCUT2D eigenvalue weighted by Crippen LogP contribution is 2.34. The lowest BCUT2D eigenvalue weighted by Crippen LogP contribution is -2.41. The molecule has 3 aromatic rings. The van der Waals surface area contributed by atoms with Crippen molar-refractivity contribution in [3.8, 4) is 5.75 Å². The van der Waals surface area contributed by atoms with E-state index in [9.17, 15) is 18.0 Å². The van der Waals surface area contributed by atoms with Gasteiger partial charge < -0.3 is 18.9 Å². The fraction of sp³-hybridized carbons (Fsp3) is 0.391. The maximum absolute atomic E-state index is 13.1. The van der Waals surface area contributed by atoms with Crippen LogP contribution in [-0.2, 0) is 22.3 Å². The van der Waals surface area contributed by atoms with Crippen LogP contribution in [0, 0.1) is 0 Å². The maximum atomic E-state index is 13.1. The van der Waals surface area contributed by atoms with Gasteiger partial charge in [-0.2, -0.15) is 13.2 Å². The zero-order valence-corrected chi connectivity index (χ0v) is 18.7. The van der Waals surface area contributed by atoms with Crippen molar-refractivity contribution >= 4 is 28.5 Å². The first-order valence-corrected chi connectivity index (χ1v) is 10.9. The molecule has 1 aromatic heterocycles. The van der Waals surface area contributed by atoms with E-state index in [4.69, 9.17) is 21.1 Å². The molecule has 33 heavy (non-hydrogen) atoms. The number of benzene rings is 2. The van der Waals surface area contributed by atoms with Gasteiger partial charge in [0.2, 0.25) is 0 Å². The van der Waals surface area contributed by atoms with Crippen LogP contribution in [0.4, 0.5) is 13.2 Å². The Hall–Kier alpha value is -2.78. The molecule has 0 N–H and O–H groups in total. The number of ether oxygens (including phenoxy) is 2. The fourth-order valence-electron chi connectivity index (χ4n) is 4.13. The smallest absolute Gasteiger partial charge is 0.416 e. The number of amides is 1. The third-order valence-corrected chi connectivity index (χ3v) is 6.05. The molecular formula is C23H23ClF3N3O3. The molecule has 1 amide bonds. The Bertz CT molecular complexity index is 1140. The summed E-state index contributed by atoms with van der Waals surface area (Å²) in [7, 11) is 1.52. The number of carbonyl (C=O) groups is 1. The Morgan fingerprint density at radius 3 is 2.58 bits per heavy atom. The number of alkyl halides is 3. The molecule has 10 heteroatoms. The molecule has 0 aliphatic carbocycles. The molecule has 0 atom stereocenters. The average Bonchev–Trinajstić information content (AvgIpc) is 3.15. The molecule has 0 saturated carbocycles. The zero-order valence-electron chi connectivity index (χ0n) is 17.9. The lowest BCUT2D eigenvalue weighted by molar-refractivity contribution is -0.137. The Morgan fingerprint density at radius 2 is 1.91 bits per heavy atom. The van der Waals surface area contributed by atoms with Crippen molar-refractivity contribution in [2.24, 2.45) is 0 Å². The van der Waals surface area contributed by atoms with E-state index in [1.165, 1.54) is 13.2 Å². The van der Waals surface area contributed by atoms with Crippen molar-refractivity contribution < 1.29 is 27.4 Å². The van der Waals surface area contributed by atoms with Crippen LogP contribution in [-0.4, -0.2) is 47.2 Å². The molecule has 176 valence electrons. The number of halogens is 4. The van der Waals surface area contributed by atoms with E-state index in [2.05, 4.69) is 4.98 Å². The van der Waals surface area contributed by atoms with E-state index in [-0.39, 0.29) is 30.7 Å². The topological polar surface area (TPSA) is 56.6 Å². The Labute approximate surface area is 193 Å². The molecule has 0 bridgehead atoms. The number of likely N-dealkylation sites (tertiary alicyclic amines) is 1. The SMILES string of the molecule is COCc1nc2cc(C(F)(F)F)ccc2n1C1CCN(C(=O)COc2ccccc2Cl)CC1. The highest BCUT2D eigenvalue weighted by molar-refractivity contribution is 6.32. The summed E-state index contributed by atoms with van der Waals surface area (Å²) < 4.78 is 52.1. The predicted octanol–water partition coefficient (Wildman–Crippen LogP) is 5.10. The number of methoxy groups -OCH3 is 1. The van der Waals surface area contributed by atoms with Gasteiger partial charge in [-0.3, -0.25) is 4.79 Å². The van der Waals surface area contributed by atoms with Crippen molar-refractivity contribution in [3.05, 3.63) is 58.9 Å². The third kappa shape index (κ3) is 5.09. The van der Waals surface area contributed by atoms with Crippen LogP contribution in [0.25, 0.3) is 11.0 Å². The molecule has 1 aliphatic heterocycles. The molecule has 1 fully saturated rings. The number of aromatic nitrogens is 2. The molecule has 1 saturated heterocycles. The highest BCUT2D eigenvalue weighted by atomic mass is 35.5. The molecule has 0 spiro atoms. The minimum absolute atomic E-state index is 0.00887. The zero-order chi connectivity index (χ0) is 23.6. The van der Waals surface area contributed by atoms with Gasteiger partial charge in [-0.25, -0.2) is 4.98 Å². The quantitative estimate of drug-likeness (QED) is 0.491. The second kappa shape index (κ2) is 9.61. The van der Waals surface area contributed by atoms with E-state index >= 15 is 0 Å². The molecule has 1 aliphatic rings. The van der Waals surface area contributed by atoms with E-state index in [0.29, 0.717) is 48.0 Å². The van der Waals surface area contributed by atoms with Gasteiger partial charge in [0.15, 0.2) is 6.61 Å². The molecule has 6 nitrogen and oxygen atoms in total. The van der Waals surface area contributed by atoms with Crippen LogP contribution < -0.4 is 4.74 Å². The van der Waals surface area contributed by atoms with Crippen LogP contribution in [0.2, 0.25) is 5.02 Å². The molecule has 2 heterocycles. The van der Waals surface area contributed by atoms with E-state index in [0.717, 1.165) is 12.1 Å². The molecule has 0 unspecified atom stereocenters. The maximum Gasteiger partial charge on any atom is 0.416 e. The van der Waals surface area contributed by atoms with Gasteiger partial charge in [-0.05, 0) is 43.2 Å². The fourth-order valence-corrected chi connectivity index (χ4v) is 4.32. The summed E-state index contributed by atoms with van der Waals surface area (Å²) in [5.74, 6) is 0.879. The Balaban J connectivity index is 1.46. The number of hydrogen-bond donors (Lipinski definition) is 0. The molecule has 4 rings (SSSR count). The van der Waals surface area contributed by atoms with E-state index in [1.54, 1.807) is 29.2 Å². The summed E-state index contributed by atoms with van der Waals surface area (Å²) in [5.41, 5.74) is 0.174. The number of carbonyl (C=O) groups excluding carboxylic acids is 1. The van der Waals surface area contributed by atoms with Gasteiger partial charge in [-0.1, -0.05) is 23.7 Å². The van der Waals surface area contributed by atoms with Gasteiger partial charge in [0.25, 0.3) is 5.91 Å². The number of para-hydroxylation sites is 1. The van der Waals surface area contributed by atoms with Crippen molar-refractivity contribution in [1.82, 2.24) is 14.5 Å². The minimum Gasteiger partial charge on any atom is -0.482 e. The lowest BCUT2D eigenvalue weighted by atomic mass is 10.0. The number of piperidine rings is 1. The first-order valence-electron chi connectivity index (χ1n) is 10.5. The van der Waals surface area contributed by atoms with Crippen LogP contribution in [0.1, 0.15) is 30.3 Å². The summed E-state index contributed by atoms with van der Waals surface area (Å²) in [5, 5.41) is 0.440. The van der Waals surface area contributed by atoms with Crippen molar-refractivity contribution in [2.45, 2.75) is 31.7 Å². The Kier molecular flexibility index (Phi) is 6.81. The van der Waals surface area contributed by atoms with Gasteiger partial charge in [-0.15, -0.1) is 0 Å². The standard InChI is InChI=1S/C23H23ClF3N3O3/c1-32-13-21-28-18-12-15(23(25,26)27)6-7-19(18)30(21)16-8-10-29(11-9-16)22(31)14-33-20-5-3-2-4-17(20)24/h2-7,12,16H,8-11,13-14H2,1H3. The van der Waals surface area contributed by atoms with Crippen molar-refractivity contribution in [2.75, 3.05) is 26.8 Å². The molecular weight excluding hydrogens is 459 g/mol. The summed E-state index contributed by atoms with van der Waals surface area (Å²) >= 11 is 6.06. The number of rotatable bonds is 6. The second-order valence-corrected chi connectivity index (χ2v) is 8.27. The number of fused-ring (bicyclic) bond motifs is 1. The number of nitrogens with zero attached hydrogens (tertiary/aromatic N) is 3. The van der Waals surface area contributed by atoms with Crippen LogP contribution in [0.5, 0.6) is 5.75 Å². The lowest BCUT2D eigenvalue weighted by Gasteiger charge is -2.33. The van der Waals surface area contributed by atoms with Crippen LogP contribution >= 0.6 is 11.6 Å². The largest absolute Gasteiger partial charge is 0.482 e. The van der Waals surface area contributed by atoms with E-state index < -0.39 is 11.7 Å². The summed E-state index contributed by atoms with van der Waals surface area (Å²) in [6.07, 6.45) is -3.15. The second-order valence-electron chi connectivity index (χ2n) is 7.86. The Morgan fingerprint density at radius 1 is 1.18 bits per heavy atom. The van der Waals surface area contributed by atoms with Gasteiger partial charge in [0.1, 0.15) is 18.2 Å². The highest BCUT2D eigenvalue weighted by Gasteiger charge is 2.32. The molecule has 0 radical (unpaired) electrons. The monoisotopic (exact) mass is 481 g/mol. The van der Waals surface area contributed by atoms with Gasteiger partial charge in [0.05, 0.1) is 21.6 Å². The van der Waals surface area contributed by atoms with Crippen molar-refractivity contribution in [1.29, 1.82) is 0 Å². The first kappa shape index (κ1) is 23.4. The minimum atomic E-state index is -4.43. The number of hydrogen-bond acceptors (Lipinski definition) is 4.